The molecule has 2 N–H and O–H groups in total. The molecule has 1 aromatic rings. The average Bonchev–Trinajstić information content (AvgIpc) is 2.43. The van der Waals surface area contributed by atoms with Crippen LogP contribution in [0.4, 0.5) is 0 Å². The maximum absolute atomic E-state index is 5.98. The van der Waals surface area contributed by atoms with Gasteiger partial charge in [0.1, 0.15) is 0 Å². The van der Waals surface area contributed by atoms with E-state index >= 15 is 0 Å². The number of allylic oxidation sites excluding steroid dienone is 1. The summed E-state index contributed by atoms with van der Waals surface area (Å²) in [6.45, 7) is 3.68. The van der Waals surface area contributed by atoms with Crippen LogP contribution in [-0.2, 0) is 0 Å². The van der Waals surface area contributed by atoms with Crippen molar-refractivity contribution in [3.63, 3.8) is 0 Å². The van der Waals surface area contributed by atoms with Crippen LogP contribution in [-0.4, -0.2) is 0 Å². The third kappa shape index (κ3) is 3.20. The summed E-state index contributed by atoms with van der Waals surface area (Å²) in [6, 6.07) is 2.20. The lowest BCUT2D eigenvalue weighted by Crippen LogP contribution is -2.07. The number of hydrogen-bond donors (Lipinski definition) is 1. The van der Waals surface area contributed by atoms with Crippen molar-refractivity contribution in [2.45, 2.75) is 18.9 Å². The predicted octanol–water partition coefficient (Wildman–Crippen LogP) is 4.24. The summed E-state index contributed by atoms with van der Waals surface area (Å²) >= 11 is 8.57. The van der Waals surface area contributed by atoms with Crippen molar-refractivity contribution < 1.29 is 0 Å². The molecule has 72 valence electrons. The summed E-state index contributed by atoms with van der Waals surface area (Å²) in [5.41, 5.74) is 5.98. The monoisotopic (exact) mass is 323 g/mol. The Labute approximate surface area is 99.3 Å². The van der Waals surface area contributed by atoms with E-state index in [0.717, 1.165) is 21.1 Å². The van der Waals surface area contributed by atoms with Gasteiger partial charge in [-0.1, -0.05) is 6.08 Å². The van der Waals surface area contributed by atoms with Crippen molar-refractivity contribution in [2.24, 2.45) is 5.73 Å². The molecular weight excluding hydrogens is 314 g/mol. The summed E-state index contributed by atoms with van der Waals surface area (Å²) in [5, 5.41) is 0. The normalized spacial score (nSPS) is 12.8. The Morgan fingerprint density at radius 2 is 2.31 bits per heavy atom. The van der Waals surface area contributed by atoms with E-state index in [-0.39, 0.29) is 6.04 Å². The van der Waals surface area contributed by atoms with Gasteiger partial charge in [0.2, 0.25) is 0 Å². The molecule has 0 saturated carbocycles. The van der Waals surface area contributed by atoms with Crippen LogP contribution < -0.4 is 5.73 Å². The first-order chi connectivity index (χ1) is 6.15. The van der Waals surface area contributed by atoms with Gasteiger partial charge >= 0.3 is 0 Å². The maximum atomic E-state index is 5.98. The van der Waals surface area contributed by atoms with E-state index in [0.29, 0.717) is 0 Å². The van der Waals surface area contributed by atoms with E-state index < -0.39 is 0 Å². The van der Waals surface area contributed by atoms with Crippen molar-refractivity contribution in [2.75, 3.05) is 0 Å². The second-order valence-electron chi connectivity index (χ2n) is 2.74. The van der Waals surface area contributed by atoms with E-state index in [2.05, 4.69) is 44.5 Å². The number of rotatable bonds is 4. The minimum absolute atomic E-state index is 0.130. The Kier molecular flexibility index (Phi) is 4.66. The molecule has 0 fully saturated rings. The molecule has 0 aromatic carbocycles. The highest BCUT2D eigenvalue weighted by molar-refractivity contribution is 9.13. The van der Waals surface area contributed by atoms with Crippen molar-refractivity contribution in [1.29, 1.82) is 0 Å². The fraction of sp³-hybridized carbons (Fsp3) is 0.333. The van der Waals surface area contributed by atoms with Crippen molar-refractivity contribution in [3.8, 4) is 0 Å². The van der Waals surface area contributed by atoms with Crippen LogP contribution in [0, 0.1) is 0 Å². The number of nitrogens with two attached hydrogens (primary N) is 1. The fourth-order valence-electron chi connectivity index (χ4n) is 0.986. The van der Waals surface area contributed by atoms with Crippen LogP contribution >= 0.6 is 43.2 Å². The van der Waals surface area contributed by atoms with Gasteiger partial charge in [-0.3, -0.25) is 0 Å². The van der Waals surface area contributed by atoms with Crippen LogP contribution in [0.2, 0.25) is 0 Å². The van der Waals surface area contributed by atoms with Gasteiger partial charge in [0, 0.05) is 15.4 Å². The van der Waals surface area contributed by atoms with Gasteiger partial charge in [-0.25, -0.2) is 0 Å². The zero-order chi connectivity index (χ0) is 9.84. The van der Waals surface area contributed by atoms with Gasteiger partial charge < -0.3 is 5.73 Å². The molecule has 4 heteroatoms. The van der Waals surface area contributed by atoms with E-state index in [4.69, 9.17) is 5.73 Å². The minimum Gasteiger partial charge on any atom is -0.323 e. The Balaban J connectivity index is 2.65. The van der Waals surface area contributed by atoms with Crippen molar-refractivity contribution in [1.82, 2.24) is 0 Å². The van der Waals surface area contributed by atoms with Crippen LogP contribution in [0.15, 0.2) is 27.0 Å². The quantitative estimate of drug-likeness (QED) is 0.824. The molecule has 0 spiro atoms. The number of thiophene rings is 1. The first-order valence-electron chi connectivity index (χ1n) is 3.96. The predicted molar refractivity (Wildman–Crippen MR) is 66.1 cm³/mol. The van der Waals surface area contributed by atoms with Crippen molar-refractivity contribution in [3.05, 3.63) is 31.9 Å². The molecular formula is C9H11Br2NS. The fourth-order valence-corrected chi connectivity index (χ4v) is 3.11. The van der Waals surface area contributed by atoms with Crippen molar-refractivity contribution >= 4 is 43.2 Å². The lowest BCUT2D eigenvalue weighted by Gasteiger charge is -2.06. The molecule has 0 radical (unpaired) electrons. The lowest BCUT2D eigenvalue weighted by atomic mass is 10.1. The molecule has 0 bridgehead atoms. The van der Waals surface area contributed by atoms with E-state index in [1.54, 1.807) is 11.3 Å². The molecule has 1 unspecified atom stereocenters. The first kappa shape index (κ1) is 11.4. The SMILES string of the molecule is C=CCCC(N)c1cc(Br)c(Br)s1. The highest BCUT2D eigenvalue weighted by atomic mass is 79.9. The molecule has 0 amide bonds. The van der Waals surface area contributed by atoms with E-state index in [1.165, 1.54) is 4.88 Å². The zero-order valence-electron chi connectivity index (χ0n) is 7.09. The van der Waals surface area contributed by atoms with Gasteiger partial charge in [0.15, 0.2) is 0 Å². The largest absolute Gasteiger partial charge is 0.323 e. The first-order valence-corrected chi connectivity index (χ1v) is 6.36. The molecule has 1 rings (SSSR count). The Hall–Kier alpha value is 0.360. The molecule has 0 saturated heterocycles. The molecule has 1 aromatic heterocycles. The smallest absolute Gasteiger partial charge is 0.0843 e. The molecule has 0 aliphatic heterocycles. The molecule has 0 aliphatic carbocycles. The van der Waals surface area contributed by atoms with Crippen LogP contribution in [0.5, 0.6) is 0 Å². The summed E-state index contributed by atoms with van der Waals surface area (Å²) in [4.78, 5) is 1.21. The third-order valence-electron chi connectivity index (χ3n) is 1.71. The number of halogens is 2. The standard InChI is InChI=1S/C9H11Br2NS/c1-2-3-4-7(12)8-5-6(10)9(11)13-8/h2,5,7H,1,3-4,12H2. The Bertz CT molecular complexity index is 276. The molecule has 13 heavy (non-hydrogen) atoms. The van der Waals surface area contributed by atoms with Gasteiger partial charge in [-0.2, -0.15) is 0 Å². The van der Waals surface area contributed by atoms with Gasteiger partial charge in [-0.15, -0.1) is 17.9 Å². The highest BCUT2D eigenvalue weighted by Gasteiger charge is 2.10. The zero-order valence-corrected chi connectivity index (χ0v) is 11.1. The van der Waals surface area contributed by atoms with E-state index in [9.17, 15) is 0 Å². The van der Waals surface area contributed by atoms with Crippen LogP contribution in [0.25, 0.3) is 0 Å². The molecule has 1 nitrogen and oxygen atoms in total. The second kappa shape index (κ2) is 5.29. The highest BCUT2D eigenvalue weighted by Crippen LogP contribution is 2.35. The van der Waals surface area contributed by atoms with Gasteiger partial charge in [0.25, 0.3) is 0 Å². The topological polar surface area (TPSA) is 26.0 Å². The summed E-state index contributed by atoms with van der Waals surface area (Å²) in [7, 11) is 0. The van der Waals surface area contributed by atoms with Crippen LogP contribution in [0.3, 0.4) is 0 Å². The van der Waals surface area contributed by atoms with Gasteiger partial charge in [0.05, 0.1) is 3.79 Å². The molecule has 1 atom stereocenters. The Morgan fingerprint density at radius 1 is 1.62 bits per heavy atom. The van der Waals surface area contributed by atoms with Crippen LogP contribution in [0.1, 0.15) is 23.8 Å². The summed E-state index contributed by atoms with van der Waals surface area (Å²) < 4.78 is 2.19. The average molecular weight is 325 g/mol. The van der Waals surface area contributed by atoms with Gasteiger partial charge in [-0.05, 0) is 50.8 Å². The van der Waals surface area contributed by atoms with E-state index in [1.807, 2.05) is 6.08 Å². The lowest BCUT2D eigenvalue weighted by molar-refractivity contribution is 0.672. The molecule has 1 heterocycles. The molecule has 0 aliphatic rings. The maximum Gasteiger partial charge on any atom is 0.0843 e. The summed E-state index contributed by atoms with van der Waals surface area (Å²) in [6.07, 6.45) is 3.83. The number of hydrogen-bond acceptors (Lipinski definition) is 2. The Morgan fingerprint density at radius 3 is 2.77 bits per heavy atom. The minimum atomic E-state index is 0.130. The summed E-state index contributed by atoms with van der Waals surface area (Å²) in [5.74, 6) is 0. The second-order valence-corrected chi connectivity index (χ2v) is 6.00. The third-order valence-corrected chi connectivity index (χ3v) is 5.10.